The second kappa shape index (κ2) is 5.99. The summed E-state index contributed by atoms with van der Waals surface area (Å²) in [5, 5.41) is 14.4. The topological polar surface area (TPSA) is 75.5 Å². The summed E-state index contributed by atoms with van der Waals surface area (Å²) in [5.41, 5.74) is 0.266. The van der Waals surface area contributed by atoms with Crippen molar-refractivity contribution in [3.8, 4) is 0 Å². The average molecular weight is 312 g/mol. The van der Waals surface area contributed by atoms with Gasteiger partial charge in [0.25, 0.3) is 11.6 Å². The van der Waals surface area contributed by atoms with E-state index < -0.39 is 4.92 Å². The van der Waals surface area contributed by atoms with Gasteiger partial charge in [-0.05, 0) is 25.5 Å². The monoisotopic (exact) mass is 311 g/mol. The number of nitro groups is 1. The molecule has 2 aliphatic heterocycles. The van der Waals surface area contributed by atoms with Crippen molar-refractivity contribution in [1.29, 1.82) is 0 Å². The summed E-state index contributed by atoms with van der Waals surface area (Å²) in [6.07, 6.45) is 2.06. The molecule has 0 saturated carbocycles. The van der Waals surface area contributed by atoms with E-state index in [1.165, 1.54) is 6.07 Å². The predicted molar refractivity (Wildman–Crippen MR) is 80.8 cm³/mol. The number of carbonyl (C=O) groups excluding carboxylic acids is 1. The van der Waals surface area contributed by atoms with Gasteiger partial charge in [0.2, 0.25) is 0 Å². The molecule has 0 aliphatic carbocycles. The number of para-hydroxylation sites is 1. The Kier molecular flexibility index (Phi) is 4.49. The molecule has 6 nitrogen and oxygen atoms in total. The SMILES string of the molecule is Cl.O=C(c1ccccc1[N+](=O)[O-])N1CCC2(CCNC2)C1. The van der Waals surface area contributed by atoms with Crippen LogP contribution in [0.2, 0.25) is 0 Å². The predicted octanol–water partition coefficient (Wildman–Crippen LogP) is 1.84. The highest BCUT2D eigenvalue weighted by Crippen LogP contribution is 2.37. The Bertz CT molecular complexity index is 558. The zero-order valence-corrected chi connectivity index (χ0v) is 12.4. The van der Waals surface area contributed by atoms with E-state index >= 15 is 0 Å². The summed E-state index contributed by atoms with van der Waals surface area (Å²) < 4.78 is 0. The lowest BCUT2D eigenvalue weighted by atomic mass is 9.86. The summed E-state index contributed by atoms with van der Waals surface area (Å²) >= 11 is 0. The Balaban J connectivity index is 0.00000161. The zero-order valence-electron chi connectivity index (χ0n) is 11.6. The summed E-state index contributed by atoms with van der Waals surface area (Å²) in [6, 6.07) is 6.18. The number of halogens is 1. The Hall–Kier alpha value is -1.66. The minimum absolute atomic E-state index is 0. The molecule has 2 aliphatic rings. The number of likely N-dealkylation sites (tertiary alicyclic amines) is 1. The molecule has 114 valence electrons. The molecular formula is C14H18ClN3O3. The number of nitro benzene ring substituents is 1. The molecule has 1 unspecified atom stereocenters. The first-order valence-corrected chi connectivity index (χ1v) is 6.85. The Morgan fingerprint density at radius 1 is 1.33 bits per heavy atom. The number of amides is 1. The minimum atomic E-state index is -0.490. The Morgan fingerprint density at radius 3 is 2.76 bits per heavy atom. The van der Waals surface area contributed by atoms with Crippen molar-refractivity contribution >= 4 is 24.0 Å². The van der Waals surface area contributed by atoms with E-state index in [-0.39, 0.29) is 35.0 Å². The fourth-order valence-corrected chi connectivity index (χ4v) is 3.24. The van der Waals surface area contributed by atoms with Crippen LogP contribution in [-0.2, 0) is 0 Å². The standard InChI is InChI=1S/C14H17N3O3.ClH/c18-13(11-3-1-2-4-12(11)17(19)20)16-8-6-14(10-16)5-7-15-9-14;/h1-4,15H,5-10H2;1H. The van der Waals surface area contributed by atoms with Gasteiger partial charge in [-0.1, -0.05) is 12.1 Å². The van der Waals surface area contributed by atoms with E-state index in [2.05, 4.69) is 5.32 Å². The highest BCUT2D eigenvalue weighted by molar-refractivity contribution is 5.98. The van der Waals surface area contributed by atoms with Crippen LogP contribution >= 0.6 is 12.4 Å². The molecule has 1 amide bonds. The van der Waals surface area contributed by atoms with Crippen LogP contribution in [0.15, 0.2) is 24.3 Å². The van der Waals surface area contributed by atoms with Gasteiger partial charge < -0.3 is 10.2 Å². The highest BCUT2D eigenvalue weighted by atomic mass is 35.5. The normalized spacial score (nSPS) is 24.1. The highest BCUT2D eigenvalue weighted by Gasteiger charge is 2.42. The van der Waals surface area contributed by atoms with Gasteiger partial charge in [-0.15, -0.1) is 12.4 Å². The van der Waals surface area contributed by atoms with Gasteiger partial charge in [0, 0.05) is 31.1 Å². The van der Waals surface area contributed by atoms with Gasteiger partial charge >= 0.3 is 0 Å². The molecular weight excluding hydrogens is 294 g/mol. The van der Waals surface area contributed by atoms with Crippen LogP contribution in [0, 0.1) is 15.5 Å². The molecule has 1 aromatic carbocycles. The largest absolute Gasteiger partial charge is 0.338 e. The number of rotatable bonds is 2. The molecule has 2 heterocycles. The van der Waals surface area contributed by atoms with Gasteiger partial charge in [0.1, 0.15) is 5.56 Å². The lowest BCUT2D eigenvalue weighted by Gasteiger charge is -2.22. The first-order valence-electron chi connectivity index (χ1n) is 6.85. The van der Waals surface area contributed by atoms with Gasteiger partial charge in [-0.25, -0.2) is 0 Å². The number of nitrogens with zero attached hydrogens (tertiary/aromatic N) is 2. The molecule has 2 fully saturated rings. The first-order chi connectivity index (χ1) is 9.61. The third-order valence-corrected chi connectivity index (χ3v) is 4.39. The smallest absolute Gasteiger partial charge is 0.282 e. The molecule has 1 atom stereocenters. The number of nitrogens with one attached hydrogen (secondary N) is 1. The zero-order chi connectivity index (χ0) is 14.2. The van der Waals surface area contributed by atoms with Gasteiger partial charge in [-0.2, -0.15) is 0 Å². The van der Waals surface area contributed by atoms with Gasteiger partial charge in [0.15, 0.2) is 0 Å². The average Bonchev–Trinajstić information content (AvgIpc) is 3.09. The molecule has 1 aromatic rings. The summed E-state index contributed by atoms with van der Waals surface area (Å²) in [7, 11) is 0. The maximum absolute atomic E-state index is 12.5. The van der Waals surface area contributed by atoms with Crippen LogP contribution in [0.1, 0.15) is 23.2 Å². The first kappa shape index (κ1) is 15.7. The van der Waals surface area contributed by atoms with E-state index in [4.69, 9.17) is 0 Å². The lowest BCUT2D eigenvalue weighted by molar-refractivity contribution is -0.385. The summed E-state index contributed by atoms with van der Waals surface area (Å²) in [6.45, 7) is 3.32. The van der Waals surface area contributed by atoms with Crippen molar-refractivity contribution < 1.29 is 9.72 Å². The molecule has 0 radical (unpaired) electrons. The van der Waals surface area contributed by atoms with Crippen LogP contribution < -0.4 is 5.32 Å². The van der Waals surface area contributed by atoms with E-state index in [9.17, 15) is 14.9 Å². The third-order valence-electron chi connectivity index (χ3n) is 4.39. The van der Waals surface area contributed by atoms with E-state index in [0.717, 1.165) is 25.9 Å². The fourth-order valence-electron chi connectivity index (χ4n) is 3.24. The molecule has 1 N–H and O–H groups in total. The molecule has 21 heavy (non-hydrogen) atoms. The maximum Gasteiger partial charge on any atom is 0.282 e. The number of hydrogen-bond acceptors (Lipinski definition) is 4. The fraction of sp³-hybridized carbons (Fsp3) is 0.500. The van der Waals surface area contributed by atoms with Crippen molar-refractivity contribution in [3.05, 3.63) is 39.9 Å². The molecule has 3 rings (SSSR count). The van der Waals surface area contributed by atoms with Crippen molar-refractivity contribution in [1.82, 2.24) is 10.2 Å². The van der Waals surface area contributed by atoms with Gasteiger partial charge in [-0.3, -0.25) is 14.9 Å². The van der Waals surface area contributed by atoms with Crippen molar-refractivity contribution in [3.63, 3.8) is 0 Å². The molecule has 0 bridgehead atoms. The molecule has 0 aromatic heterocycles. The van der Waals surface area contributed by atoms with Crippen molar-refractivity contribution in [2.45, 2.75) is 12.8 Å². The number of hydrogen-bond donors (Lipinski definition) is 1. The molecule has 2 saturated heterocycles. The number of benzene rings is 1. The summed E-state index contributed by atoms with van der Waals surface area (Å²) in [4.78, 5) is 24.8. The third kappa shape index (κ3) is 2.87. The van der Waals surface area contributed by atoms with Crippen LogP contribution in [0.5, 0.6) is 0 Å². The van der Waals surface area contributed by atoms with Crippen LogP contribution in [0.25, 0.3) is 0 Å². The van der Waals surface area contributed by atoms with E-state index in [0.29, 0.717) is 13.1 Å². The van der Waals surface area contributed by atoms with Crippen molar-refractivity contribution in [2.24, 2.45) is 5.41 Å². The van der Waals surface area contributed by atoms with Crippen LogP contribution in [-0.4, -0.2) is 41.9 Å². The minimum Gasteiger partial charge on any atom is -0.338 e. The van der Waals surface area contributed by atoms with E-state index in [1.807, 2.05) is 0 Å². The summed E-state index contributed by atoms with van der Waals surface area (Å²) in [5.74, 6) is -0.221. The second-order valence-corrected chi connectivity index (χ2v) is 5.68. The molecule has 1 spiro atoms. The van der Waals surface area contributed by atoms with Gasteiger partial charge in [0.05, 0.1) is 4.92 Å². The Labute approximate surface area is 129 Å². The quantitative estimate of drug-likeness (QED) is 0.668. The molecule has 7 heteroatoms. The number of carbonyl (C=O) groups is 1. The van der Waals surface area contributed by atoms with E-state index in [1.54, 1.807) is 23.1 Å². The maximum atomic E-state index is 12.5. The van der Waals surface area contributed by atoms with Crippen molar-refractivity contribution in [2.75, 3.05) is 26.2 Å². The second-order valence-electron chi connectivity index (χ2n) is 5.68. The van der Waals surface area contributed by atoms with Crippen LogP contribution in [0.4, 0.5) is 5.69 Å². The lowest BCUT2D eigenvalue weighted by Crippen LogP contribution is -2.33. The van der Waals surface area contributed by atoms with Crippen LogP contribution in [0.3, 0.4) is 0 Å². The Morgan fingerprint density at radius 2 is 2.10 bits per heavy atom.